The van der Waals surface area contributed by atoms with Crippen molar-refractivity contribution in [3.8, 4) is 0 Å². The molecule has 0 radical (unpaired) electrons. The number of aliphatic hydroxyl groups excluding tert-OH is 1. The Morgan fingerprint density at radius 3 is 2.35 bits per heavy atom. The third-order valence-corrected chi connectivity index (χ3v) is 3.21. The Morgan fingerprint density at radius 1 is 1.35 bits per heavy atom. The van der Waals surface area contributed by atoms with Crippen molar-refractivity contribution >= 4 is 11.6 Å². The lowest BCUT2D eigenvalue weighted by molar-refractivity contribution is -0.136. The molecule has 0 aromatic heterocycles. The molecule has 112 valence electrons. The highest BCUT2D eigenvalue weighted by Crippen LogP contribution is 2.34. The van der Waals surface area contributed by atoms with Crippen LogP contribution in [0.5, 0.6) is 0 Å². The average molecular weight is 290 g/mol. The Labute approximate surface area is 115 Å². The number of nitrogens with two attached hydrogens (primary N) is 1. The lowest BCUT2D eigenvalue weighted by Crippen LogP contribution is -2.47. The number of hydrogen-bond acceptors (Lipinski definition) is 3. The number of rotatable bonds is 3. The van der Waals surface area contributed by atoms with E-state index in [-0.39, 0.29) is 12.2 Å². The SMILES string of the molecule is CN(C(=O)c1ccc(N)c(C(F)(F)F)c1)C(C)(C)CO. The summed E-state index contributed by atoms with van der Waals surface area (Å²) in [5.41, 5.74) is 2.80. The van der Waals surface area contributed by atoms with Gasteiger partial charge in [-0.1, -0.05) is 0 Å². The summed E-state index contributed by atoms with van der Waals surface area (Å²) in [5.74, 6) is -0.616. The predicted octanol–water partition coefficient (Wildman–Crippen LogP) is 2.13. The van der Waals surface area contributed by atoms with E-state index in [0.717, 1.165) is 12.1 Å². The average Bonchev–Trinajstić information content (AvgIpc) is 2.36. The summed E-state index contributed by atoms with van der Waals surface area (Å²) in [5, 5.41) is 9.19. The number of benzene rings is 1. The number of amides is 1. The number of carbonyl (C=O) groups excluding carboxylic acids is 1. The zero-order valence-electron chi connectivity index (χ0n) is 11.5. The van der Waals surface area contributed by atoms with Gasteiger partial charge in [0, 0.05) is 18.3 Å². The maximum absolute atomic E-state index is 12.7. The van der Waals surface area contributed by atoms with E-state index in [1.54, 1.807) is 13.8 Å². The number of carbonyl (C=O) groups is 1. The predicted molar refractivity (Wildman–Crippen MR) is 69.1 cm³/mol. The zero-order valence-corrected chi connectivity index (χ0v) is 11.5. The summed E-state index contributed by atoms with van der Waals surface area (Å²) in [4.78, 5) is 13.3. The molecule has 7 heteroatoms. The van der Waals surface area contributed by atoms with E-state index < -0.39 is 28.9 Å². The van der Waals surface area contributed by atoms with Crippen LogP contribution in [0.1, 0.15) is 29.8 Å². The highest BCUT2D eigenvalue weighted by atomic mass is 19.4. The minimum absolute atomic E-state index is 0.129. The maximum Gasteiger partial charge on any atom is 0.418 e. The summed E-state index contributed by atoms with van der Waals surface area (Å²) < 4.78 is 38.2. The molecule has 0 heterocycles. The molecule has 1 amide bonds. The van der Waals surface area contributed by atoms with Crippen molar-refractivity contribution < 1.29 is 23.1 Å². The van der Waals surface area contributed by atoms with Gasteiger partial charge in [-0.3, -0.25) is 4.79 Å². The van der Waals surface area contributed by atoms with Gasteiger partial charge >= 0.3 is 6.18 Å². The van der Waals surface area contributed by atoms with Crippen molar-refractivity contribution in [1.29, 1.82) is 0 Å². The molecule has 0 atom stereocenters. The molecular weight excluding hydrogens is 273 g/mol. The van der Waals surface area contributed by atoms with Crippen LogP contribution in [0.3, 0.4) is 0 Å². The second-order valence-corrected chi connectivity index (χ2v) is 5.13. The standard InChI is InChI=1S/C13H17F3N2O2/c1-12(2,7-19)18(3)11(20)8-4-5-10(17)9(6-8)13(14,15)16/h4-6,19H,7,17H2,1-3H3. The Hall–Kier alpha value is -1.76. The smallest absolute Gasteiger partial charge is 0.398 e. The first kappa shape index (κ1) is 16.3. The minimum atomic E-state index is -4.62. The topological polar surface area (TPSA) is 66.6 Å². The molecule has 1 rings (SSSR count). The minimum Gasteiger partial charge on any atom is -0.398 e. The molecule has 0 bridgehead atoms. The normalized spacial score (nSPS) is 12.3. The molecule has 0 fully saturated rings. The number of alkyl halides is 3. The van der Waals surface area contributed by atoms with E-state index in [0.29, 0.717) is 0 Å². The van der Waals surface area contributed by atoms with Crippen LogP contribution in [0, 0.1) is 0 Å². The van der Waals surface area contributed by atoms with Crippen LogP contribution in [0.2, 0.25) is 0 Å². The van der Waals surface area contributed by atoms with Crippen LogP contribution in [0.4, 0.5) is 18.9 Å². The van der Waals surface area contributed by atoms with Gasteiger partial charge in [0.05, 0.1) is 17.7 Å². The van der Waals surface area contributed by atoms with E-state index in [4.69, 9.17) is 5.73 Å². The quantitative estimate of drug-likeness (QED) is 0.838. The summed E-state index contributed by atoms with van der Waals surface area (Å²) >= 11 is 0. The van der Waals surface area contributed by atoms with Gasteiger partial charge < -0.3 is 15.7 Å². The first-order valence-electron chi connectivity index (χ1n) is 5.86. The zero-order chi connectivity index (χ0) is 15.7. The van der Waals surface area contributed by atoms with E-state index in [1.807, 2.05) is 0 Å². The summed E-state index contributed by atoms with van der Waals surface area (Å²) in [6.45, 7) is 2.90. The van der Waals surface area contributed by atoms with Crippen LogP contribution >= 0.6 is 0 Å². The molecular formula is C13H17F3N2O2. The highest BCUT2D eigenvalue weighted by molar-refractivity contribution is 5.95. The van der Waals surface area contributed by atoms with Gasteiger partial charge in [0.1, 0.15) is 0 Å². The number of hydrogen-bond donors (Lipinski definition) is 2. The van der Waals surface area contributed by atoms with Gasteiger partial charge in [0.25, 0.3) is 5.91 Å². The molecule has 20 heavy (non-hydrogen) atoms. The van der Waals surface area contributed by atoms with Gasteiger partial charge in [0.15, 0.2) is 0 Å². The Balaban J connectivity index is 3.19. The lowest BCUT2D eigenvalue weighted by atomic mass is 10.0. The van der Waals surface area contributed by atoms with Crippen LogP contribution in [-0.4, -0.2) is 35.1 Å². The Kier molecular flexibility index (Phi) is 4.33. The third-order valence-electron chi connectivity index (χ3n) is 3.21. The van der Waals surface area contributed by atoms with E-state index >= 15 is 0 Å². The van der Waals surface area contributed by atoms with Crippen LogP contribution in [0.25, 0.3) is 0 Å². The Bertz CT molecular complexity index is 513. The number of aliphatic hydroxyl groups is 1. The Morgan fingerprint density at radius 2 is 1.90 bits per heavy atom. The lowest BCUT2D eigenvalue weighted by Gasteiger charge is -2.34. The number of anilines is 1. The van der Waals surface area contributed by atoms with E-state index in [9.17, 15) is 23.1 Å². The van der Waals surface area contributed by atoms with Gasteiger partial charge in [0.2, 0.25) is 0 Å². The summed E-state index contributed by atoms with van der Waals surface area (Å²) in [6.07, 6.45) is -4.62. The van der Waals surface area contributed by atoms with Crippen molar-refractivity contribution in [3.63, 3.8) is 0 Å². The van der Waals surface area contributed by atoms with Crippen LogP contribution in [0.15, 0.2) is 18.2 Å². The summed E-state index contributed by atoms with van der Waals surface area (Å²) in [6, 6.07) is 3.01. The molecule has 0 aliphatic heterocycles. The molecule has 1 aromatic rings. The number of halogens is 3. The third kappa shape index (κ3) is 3.22. The van der Waals surface area contributed by atoms with Gasteiger partial charge in [-0.15, -0.1) is 0 Å². The second kappa shape index (κ2) is 5.32. The van der Waals surface area contributed by atoms with Crippen molar-refractivity contribution in [2.24, 2.45) is 0 Å². The first-order valence-corrected chi connectivity index (χ1v) is 5.86. The molecule has 3 N–H and O–H groups in total. The number of nitrogen functional groups attached to an aromatic ring is 1. The van der Waals surface area contributed by atoms with Gasteiger partial charge in [-0.05, 0) is 32.0 Å². The van der Waals surface area contributed by atoms with Crippen LogP contribution < -0.4 is 5.73 Å². The van der Waals surface area contributed by atoms with Crippen molar-refractivity contribution in [1.82, 2.24) is 4.90 Å². The fraction of sp³-hybridized carbons (Fsp3) is 0.462. The van der Waals surface area contributed by atoms with Gasteiger partial charge in [-0.2, -0.15) is 13.2 Å². The van der Waals surface area contributed by atoms with Crippen LogP contribution in [-0.2, 0) is 6.18 Å². The monoisotopic (exact) mass is 290 g/mol. The summed E-state index contributed by atoms with van der Waals surface area (Å²) in [7, 11) is 1.42. The fourth-order valence-corrected chi connectivity index (χ4v) is 1.51. The molecule has 0 unspecified atom stereocenters. The number of nitrogens with zero attached hydrogens (tertiary/aromatic N) is 1. The molecule has 0 saturated carbocycles. The highest BCUT2D eigenvalue weighted by Gasteiger charge is 2.34. The molecule has 1 aromatic carbocycles. The molecule has 0 spiro atoms. The van der Waals surface area contributed by atoms with Crippen molar-refractivity contribution in [3.05, 3.63) is 29.3 Å². The first-order chi connectivity index (χ1) is 9.00. The molecule has 4 nitrogen and oxygen atoms in total. The van der Waals surface area contributed by atoms with E-state index in [1.165, 1.54) is 18.0 Å². The molecule has 0 aliphatic carbocycles. The second-order valence-electron chi connectivity index (χ2n) is 5.13. The van der Waals surface area contributed by atoms with Gasteiger partial charge in [-0.25, -0.2) is 0 Å². The molecule has 0 aliphatic rings. The largest absolute Gasteiger partial charge is 0.418 e. The number of likely N-dealkylation sites (N-methyl/N-ethyl adjacent to an activating group) is 1. The van der Waals surface area contributed by atoms with Crippen molar-refractivity contribution in [2.75, 3.05) is 19.4 Å². The molecule has 0 saturated heterocycles. The fourth-order valence-electron chi connectivity index (χ4n) is 1.51. The maximum atomic E-state index is 12.7. The van der Waals surface area contributed by atoms with E-state index in [2.05, 4.69) is 0 Å². The van der Waals surface area contributed by atoms with Crippen molar-refractivity contribution in [2.45, 2.75) is 25.6 Å².